The zero-order valence-electron chi connectivity index (χ0n) is 14.3. The lowest BCUT2D eigenvalue weighted by molar-refractivity contribution is -0.135. The van der Waals surface area contributed by atoms with Gasteiger partial charge in [0.25, 0.3) is 0 Å². The fraction of sp³-hybridized carbons (Fsp3) is 0.263. The minimum absolute atomic E-state index is 0.00616. The lowest BCUT2D eigenvalue weighted by Gasteiger charge is -2.34. The molecule has 136 valence electrons. The Morgan fingerprint density at radius 3 is 2.62 bits per heavy atom. The van der Waals surface area contributed by atoms with Crippen LogP contribution in [-0.4, -0.2) is 41.4 Å². The maximum absolute atomic E-state index is 13.4. The van der Waals surface area contributed by atoms with E-state index >= 15 is 0 Å². The lowest BCUT2D eigenvalue weighted by atomic mass is 10.2. The molecule has 1 saturated heterocycles. The molecule has 0 spiro atoms. The van der Waals surface area contributed by atoms with Gasteiger partial charge < -0.3 is 15.1 Å². The van der Waals surface area contributed by atoms with Gasteiger partial charge in [0.1, 0.15) is 12.4 Å². The molecule has 0 bridgehead atoms. The molecule has 7 heteroatoms. The number of anilines is 1. The van der Waals surface area contributed by atoms with E-state index < -0.39 is 11.8 Å². The number of rotatable bonds is 3. The first kappa shape index (κ1) is 18.2. The maximum Gasteiger partial charge on any atom is 0.322 e. The number of halogens is 2. The van der Waals surface area contributed by atoms with Crippen LogP contribution in [0.3, 0.4) is 0 Å². The number of piperazine rings is 1. The van der Waals surface area contributed by atoms with Gasteiger partial charge in [-0.05, 0) is 42.3 Å². The number of carbonyl (C=O) groups excluding carboxylic acids is 2. The fourth-order valence-electron chi connectivity index (χ4n) is 2.78. The summed E-state index contributed by atoms with van der Waals surface area (Å²) in [5.41, 5.74) is 2.15. The first-order valence-corrected chi connectivity index (χ1v) is 8.64. The number of carbonyl (C=O) groups is 2. The molecular weight excluding hydrogens is 357 g/mol. The van der Waals surface area contributed by atoms with Crippen molar-refractivity contribution in [2.24, 2.45) is 0 Å². The number of urea groups is 1. The summed E-state index contributed by atoms with van der Waals surface area (Å²) in [7, 11) is 0. The molecule has 1 heterocycles. The summed E-state index contributed by atoms with van der Waals surface area (Å²) in [6.07, 6.45) is 0. The molecule has 0 radical (unpaired) electrons. The summed E-state index contributed by atoms with van der Waals surface area (Å²) in [6, 6.07) is 11.1. The second kappa shape index (κ2) is 7.74. The molecule has 2 aromatic rings. The molecule has 3 amide bonds. The van der Waals surface area contributed by atoms with Crippen LogP contribution in [0.25, 0.3) is 0 Å². The van der Waals surface area contributed by atoms with E-state index in [2.05, 4.69) is 5.32 Å². The average molecular weight is 376 g/mol. The van der Waals surface area contributed by atoms with E-state index in [4.69, 9.17) is 11.6 Å². The van der Waals surface area contributed by atoms with Crippen LogP contribution < -0.4 is 5.32 Å². The fourth-order valence-corrected chi connectivity index (χ4v) is 2.91. The highest BCUT2D eigenvalue weighted by molar-refractivity contribution is 6.30. The van der Waals surface area contributed by atoms with Crippen LogP contribution in [0.15, 0.2) is 42.5 Å². The minimum atomic E-state index is -0.422. The molecule has 1 N–H and O–H groups in total. The second-order valence-electron chi connectivity index (χ2n) is 6.25. The summed E-state index contributed by atoms with van der Waals surface area (Å²) < 4.78 is 13.4. The third kappa shape index (κ3) is 4.32. The third-order valence-electron chi connectivity index (χ3n) is 4.33. The first-order chi connectivity index (χ1) is 12.4. The van der Waals surface area contributed by atoms with Crippen LogP contribution in [0.4, 0.5) is 14.9 Å². The van der Waals surface area contributed by atoms with Gasteiger partial charge in [-0.15, -0.1) is 0 Å². The number of nitrogens with one attached hydrogen (secondary N) is 1. The average Bonchev–Trinajstić information content (AvgIpc) is 2.61. The molecule has 1 aliphatic rings. The largest absolute Gasteiger partial charge is 0.335 e. The Labute approximate surface area is 156 Å². The lowest BCUT2D eigenvalue weighted by Crippen LogP contribution is -2.52. The molecule has 2 aromatic carbocycles. The number of amides is 3. The molecule has 0 aromatic heterocycles. The second-order valence-corrected chi connectivity index (χ2v) is 6.69. The summed E-state index contributed by atoms with van der Waals surface area (Å²) in [5, 5.41) is 3.32. The van der Waals surface area contributed by atoms with Gasteiger partial charge in [-0.2, -0.15) is 0 Å². The van der Waals surface area contributed by atoms with Gasteiger partial charge in [-0.1, -0.05) is 29.8 Å². The number of aryl methyl sites for hydroxylation is 1. The maximum atomic E-state index is 13.4. The smallest absolute Gasteiger partial charge is 0.322 e. The van der Waals surface area contributed by atoms with Crippen LogP contribution in [0, 0.1) is 12.7 Å². The van der Waals surface area contributed by atoms with Crippen molar-refractivity contribution in [3.8, 4) is 0 Å². The molecule has 1 fully saturated rings. The van der Waals surface area contributed by atoms with E-state index in [1.807, 2.05) is 12.1 Å². The van der Waals surface area contributed by atoms with E-state index in [9.17, 15) is 14.0 Å². The van der Waals surface area contributed by atoms with Crippen LogP contribution >= 0.6 is 11.6 Å². The predicted octanol–water partition coefficient (Wildman–Crippen LogP) is 3.66. The van der Waals surface area contributed by atoms with Gasteiger partial charge in [-0.25, -0.2) is 9.18 Å². The molecule has 0 aliphatic carbocycles. The van der Waals surface area contributed by atoms with E-state index in [0.29, 0.717) is 30.3 Å². The highest BCUT2D eigenvalue weighted by Crippen LogP contribution is 2.18. The van der Waals surface area contributed by atoms with Gasteiger partial charge in [0, 0.05) is 30.3 Å². The highest BCUT2D eigenvalue weighted by Gasteiger charge is 2.27. The van der Waals surface area contributed by atoms with Crippen molar-refractivity contribution in [1.82, 2.24) is 9.80 Å². The van der Waals surface area contributed by atoms with E-state index in [-0.39, 0.29) is 12.5 Å². The number of nitrogens with zero attached hydrogens (tertiary/aromatic N) is 2. The van der Waals surface area contributed by atoms with Crippen molar-refractivity contribution in [1.29, 1.82) is 0 Å². The molecule has 3 rings (SSSR count). The van der Waals surface area contributed by atoms with Crippen LogP contribution in [0.1, 0.15) is 11.1 Å². The predicted molar refractivity (Wildman–Crippen MR) is 98.6 cm³/mol. The molecule has 1 aliphatic heterocycles. The zero-order valence-corrected chi connectivity index (χ0v) is 15.1. The van der Waals surface area contributed by atoms with Crippen molar-refractivity contribution in [2.45, 2.75) is 13.5 Å². The van der Waals surface area contributed by atoms with Crippen LogP contribution in [-0.2, 0) is 11.3 Å². The zero-order chi connectivity index (χ0) is 18.7. The van der Waals surface area contributed by atoms with Gasteiger partial charge in [0.05, 0.1) is 0 Å². The minimum Gasteiger partial charge on any atom is -0.335 e. The van der Waals surface area contributed by atoms with E-state index in [1.54, 1.807) is 30.0 Å². The molecule has 5 nitrogen and oxygen atoms in total. The summed E-state index contributed by atoms with van der Waals surface area (Å²) in [4.78, 5) is 27.9. The monoisotopic (exact) mass is 375 g/mol. The Kier molecular flexibility index (Phi) is 5.42. The summed E-state index contributed by atoms with van der Waals surface area (Å²) in [6.45, 7) is 3.11. The first-order valence-electron chi connectivity index (χ1n) is 8.26. The van der Waals surface area contributed by atoms with Crippen LogP contribution in [0.5, 0.6) is 0 Å². The summed E-state index contributed by atoms with van der Waals surface area (Å²) >= 11 is 5.87. The van der Waals surface area contributed by atoms with Crippen molar-refractivity contribution >= 4 is 29.2 Å². The van der Waals surface area contributed by atoms with Crippen molar-refractivity contribution in [2.75, 3.05) is 25.0 Å². The summed E-state index contributed by atoms with van der Waals surface area (Å²) in [5.74, 6) is -0.549. The Hall–Kier alpha value is -2.60. The highest BCUT2D eigenvalue weighted by atomic mass is 35.5. The van der Waals surface area contributed by atoms with Gasteiger partial charge >= 0.3 is 6.03 Å². The van der Waals surface area contributed by atoms with Gasteiger partial charge in [0.2, 0.25) is 5.91 Å². The molecule has 0 atom stereocenters. The Balaban J connectivity index is 1.59. The van der Waals surface area contributed by atoms with E-state index in [0.717, 1.165) is 11.1 Å². The molecular formula is C19H19ClFN3O2. The van der Waals surface area contributed by atoms with Crippen molar-refractivity contribution in [3.05, 3.63) is 64.4 Å². The normalized spacial score (nSPS) is 14.5. The number of hydrogen-bond donors (Lipinski definition) is 1. The number of benzene rings is 2. The third-order valence-corrected chi connectivity index (χ3v) is 4.59. The SMILES string of the molecule is Cc1ccc(F)cc1NC(=O)N1CCN(Cc2ccc(Cl)cc2)C(=O)C1. The van der Waals surface area contributed by atoms with Crippen molar-refractivity contribution in [3.63, 3.8) is 0 Å². The van der Waals surface area contributed by atoms with Crippen molar-refractivity contribution < 1.29 is 14.0 Å². The Bertz CT molecular complexity index is 826. The van der Waals surface area contributed by atoms with E-state index in [1.165, 1.54) is 17.0 Å². The van der Waals surface area contributed by atoms with Crippen LogP contribution in [0.2, 0.25) is 5.02 Å². The Morgan fingerprint density at radius 2 is 1.92 bits per heavy atom. The Morgan fingerprint density at radius 1 is 1.19 bits per heavy atom. The molecule has 0 saturated carbocycles. The number of hydrogen-bond acceptors (Lipinski definition) is 2. The molecule has 0 unspecified atom stereocenters. The van der Waals surface area contributed by atoms with Gasteiger partial charge in [0.15, 0.2) is 0 Å². The molecule has 26 heavy (non-hydrogen) atoms. The van der Waals surface area contributed by atoms with Gasteiger partial charge in [-0.3, -0.25) is 4.79 Å². The topological polar surface area (TPSA) is 52.7 Å². The standard InChI is InChI=1S/C19H19ClFN3O2/c1-13-2-7-16(21)10-17(13)22-19(26)24-9-8-23(18(25)12-24)11-14-3-5-15(20)6-4-14/h2-7,10H,8-9,11-12H2,1H3,(H,22,26). The quantitative estimate of drug-likeness (QED) is 0.890.